The van der Waals surface area contributed by atoms with Crippen LogP contribution in [0.2, 0.25) is 0 Å². The molecule has 0 aromatic heterocycles. The fourth-order valence-electron chi connectivity index (χ4n) is 2.97. The Bertz CT molecular complexity index is 780. The number of carboxylic acids is 1. The van der Waals surface area contributed by atoms with Gasteiger partial charge < -0.3 is 24.8 Å². The SMILES string of the molecule is CCOC(CC(=O)O)c1ccc(OCC(=O)NCCCN(C)c2ccccc2)cc1. The number of ether oxygens (including phenoxy) is 2. The van der Waals surface area contributed by atoms with Gasteiger partial charge in [0, 0.05) is 32.4 Å². The van der Waals surface area contributed by atoms with Crippen LogP contribution in [0.15, 0.2) is 54.6 Å². The molecule has 0 aliphatic rings. The Labute approximate surface area is 177 Å². The van der Waals surface area contributed by atoms with E-state index in [1.807, 2.05) is 32.2 Å². The number of hydrogen-bond donors (Lipinski definition) is 2. The normalized spacial score (nSPS) is 11.5. The van der Waals surface area contributed by atoms with Gasteiger partial charge >= 0.3 is 5.97 Å². The first-order chi connectivity index (χ1) is 14.5. The van der Waals surface area contributed by atoms with Crippen molar-refractivity contribution in [2.24, 2.45) is 0 Å². The third kappa shape index (κ3) is 8.13. The lowest BCUT2D eigenvalue weighted by Crippen LogP contribution is -2.31. The molecule has 0 aliphatic carbocycles. The van der Waals surface area contributed by atoms with Gasteiger partial charge in [-0.3, -0.25) is 9.59 Å². The summed E-state index contributed by atoms with van der Waals surface area (Å²) in [6.45, 7) is 3.59. The summed E-state index contributed by atoms with van der Waals surface area (Å²) >= 11 is 0. The van der Waals surface area contributed by atoms with Gasteiger partial charge in [-0.2, -0.15) is 0 Å². The Kier molecular flexibility index (Phi) is 9.67. The van der Waals surface area contributed by atoms with Crippen molar-refractivity contribution < 1.29 is 24.2 Å². The predicted molar refractivity (Wildman–Crippen MR) is 116 cm³/mol. The monoisotopic (exact) mass is 414 g/mol. The third-order valence-corrected chi connectivity index (χ3v) is 4.54. The average molecular weight is 415 g/mol. The van der Waals surface area contributed by atoms with E-state index in [2.05, 4.69) is 22.3 Å². The fourth-order valence-corrected chi connectivity index (χ4v) is 2.97. The maximum atomic E-state index is 12.0. The zero-order valence-electron chi connectivity index (χ0n) is 17.5. The van der Waals surface area contributed by atoms with Crippen molar-refractivity contribution in [2.75, 3.05) is 38.3 Å². The van der Waals surface area contributed by atoms with Crippen LogP contribution in [-0.2, 0) is 14.3 Å². The Hall–Kier alpha value is -3.06. The summed E-state index contributed by atoms with van der Waals surface area (Å²) in [4.78, 5) is 25.1. The lowest BCUT2D eigenvalue weighted by Gasteiger charge is -2.19. The molecule has 1 amide bonds. The molecule has 2 N–H and O–H groups in total. The highest BCUT2D eigenvalue weighted by Crippen LogP contribution is 2.23. The number of para-hydroxylation sites is 1. The molecule has 7 heteroatoms. The summed E-state index contributed by atoms with van der Waals surface area (Å²) in [5.41, 5.74) is 1.91. The largest absolute Gasteiger partial charge is 0.484 e. The van der Waals surface area contributed by atoms with Gasteiger partial charge in [0.15, 0.2) is 6.61 Å². The molecule has 1 unspecified atom stereocenters. The second-order valence-electron chi connectivity index (χ2n) is 6.86. The molecule has 2 aromatic carbocycles. The molecule has 0 heterocycles. The zero-order chi connectivity index (χ0) is 21.8. The molecule has 162 valence electrons. The quantitative estimate of drug-likeness (QED) is 0.489. The van der Waals surface area contributed by atoms with E-state index < -0.39 is 12.1 Å². The van der Waals surface area contributed by atoms with E-state index in [0.717, 1.165) is 24.2 Å². The molecule has 0 saturated heterocycles. The van der Waals surface area contributed by atoms with Gasteiger partial charge in [-0.25, -0.2) is 0 Å². The molecule has 7 nitrogen and oxygen atoms in total. The van der Waals surface area contributed by atoms with Crippen LogP contribution >= 0.6 is 0 Å². The lowest BCUT2D eigenvalue weighted by molar-refractivity contribution is -0.140. The molecule has 0 fully saturated rings. The van der Waals surface area contributed by atoms with Gasteiger partial charge in [0.25, 0.3) is 5.91 Å². The Morgan fingerprint density at radius 3 is 2.43 bits per heavy atom. The summed E-state index contributed by atoms with van der Waals surface area (Å²) in [6, 6.07) is 17.0. The van der Waals surface area contributed by atoms with Crippen molar-refractivity contribution >= 4 is 17.6 Å². The van der Waals surface area contributed by atoms with Crippen LogP contribution in [0.5, 0.6) is 5.75 Å². The summed E-state index contributed by atoms with van der Waals surface area (Å²) < 4.78 is 11.0. The summed E-state index contributed by atoms with van der Waals surface area (Å²) in [6.07, 6.45) is 0.225. The van der Waals surface area contributed by atoms with Gasteiger partial charge in [-0.1, -0.05) is 30.3 Å². The summed E-state index contributed by atoms with van der Waals surface area (Å²) in [5.74, 6) is -0.553. The van der Waals surface area contributed by atoms with Gasteiger partial charge in [-0.05, 0) is 43.2 Å². The van der Waals surface area contributed by atoms with Crippen molar-refractivity contribution in [1.82, 2.24) is 5.32 Å². The standard InChI is InChI=1S/C23H30N2O5/c1-3-29-21(16-23(27)28)18-10-12-20(13-11-18)30-17-22(26)24-14-7-15-25(2)19-8-5-4-6-9-19/h4-6,8-13,21H,3,7,14-17H2,1-2H3,(H,24,26)(H,27,28). The van der Waals surface area contributed by atoms with Crippen LogP contribution < -0.4 is 15.0 Å². The number of aliphatic carboxylic acids is 1. The average Bonchev–Trinajstić information content (AvgIpc) is 2.75. The minimum absolute atomic E-state index is 0.0715. The minimum Gasteiger partial charge on any atom is -0.484 e. The van der Waals surface area contributed by atoms with Gasteiger partial charge in [0.05, 0.1) is 12.5 Å². The summed E-state index contributed by atoms with van der Waals surface area (Å²) in [7, 11) is 2.02. The molecule has 2 aromatic rings. The predicted octanol–water partition coefficient (Wildman–Crippen LogP) is 3.26. The van der Waals surface area contributed by atoms with Crippen LogP contribution in [0.4, 0.5) is 5.69 Å². The topological polar surface area (TPSA) is 88.1 Å². The minimum atomic E-state index is -0.916. The van der Waals surface area contributed by atoms with Gasteiger partial charge in [0.2, 0.25) is 0 Å². The van der Waals surface area contributed by atoms with Crippen molar-refractivity contribution in [1.29, 1.82) is 0 Å². The number of nitrogens with one attached hydrogen (secondary N) is 1. The molecule has 0 saturated carbocycles. The molecule has 30 heavy (non-hydrogen) atoms. The number of carboxylic acid groups (broad SMARTS) is 1. The second-order valence-corrected chi connectivity index (χ2v) is 6.86. The highest BCUT2D eigenvalue weighted by atomic mass is 16.5. The zero-order valence-corrected chi connectivity index (χ0v) is 17.5. The van der Waals surface area contributed by atoms with E-state index >= 15 is 0 Å². The highest BCUT2D eigenvalue weighted by Gasteiger charge is 2.15. The fraction of sp³-hybridized carbons (Fsp3) is 0.391. The van der Waals surface area contributed by atoms with Gasteiger partial charge in [0.1, 0.15) is 5.75 Å². The van der Waals surface area contributed by atoms with E-state index in [4.69, 9.17) is 14.6 Å². The number of nitrogens with zero attached hydrogens (tertiary/aromatic N) is 1. The van der Waals surface area contributed by atoms with Crippen LogP contribution in [0.1, 0.15) is 31.4 Å². The van der Waals surface area contributed by atoms with Crippen LogP contribution in [0.3, 0.4) is 0 Å². The number of carbonyl (C=O) groups excluding carboxylic acids is 1. The van der Waals surface area contributed by atoms with E-state index in [9.17, 15) is 9.59 Å². The maximum absolute atomic E-state index is 12.0. The number of rotatable bonds is 13. The molecule has 0 spiro atoms. The molecule has 2 rings (SSSR count). The van der Waals surface area contributed by atoms with Crippen molar-refractivity contribution in [3.8, 4) is 5.75 Å². The number of benzene rings is 2. The van der Waals surface area contributed by atoms with E-state index in [0.29, 0.717) is 18.9 Å². The first kappa shape index (κ1) is 23.2. The first-order valence-corrected chi connectivity index (χ1v) is 10.1. The van der Waals surface area contributed by atoms with Crippen LogP contribution in [-0.4, -0.2) is 50.3 Å². The second kappa shape index (κ2) is 12.5. The Morgan fingerprint density at radius 2 is 1.80 bits per heavy atom. The molecule has 0 aliphatic heterocycles. The molecular weight excluding hydrogens is 384 g/mol. The van der Waals surface area contributed by atoms with E-state index in [-0.39, 0.29) is 18.9 Å². The van der Waals surface area contributed by atoms with Crippen molar-refractivity contribution in [2.45, 2.75) is 25.9 Å². The van der Waals surface area contributed by atoms with Crippen LogP contribution in [0.25, 0.3) is 0 Å². The van der Waals surface area contributed by atoms with E-state index in [1.54, 1.807) is 24.3 Å². The number of hydrogen-bond acceptors (Lipinski definition) is 5. The van der Waals surface area contributed by atoms with Crippen molar-refractivity contribution in [3.63, 3.8) is 0 Å². The van der Waals surface area contributed by atoms with Gasteiger partial charge in [-0.15, -0.1) is 0 Å². The summed E-state index contributed by atoms with van der Waals surface area (Å²) in [5, 5.41) is 11.8. The molecule has 0 radical (unpaired) electrons. The van der Waals surface area contributed by atoms with Crippen molar-refractivity contribution in [3.05, 3.63) is 60.2 Å². The Morgan fingerprint density at radius 1 is 1.10 bits per heavy atom. The Balaban J connectivity index is 1.69. The molecule has 0 bridgehead atoms. The third-order valence-electron chi connectivity index (χ3n) is 4.54. The number of carbonyl (C=O) groups is 2. The van der Waals surface area contributed by atoms with E-state index in [1.165, 1.54) is 0 Å². The molecule has 1 atom stereocenters. The lowest BCUT2D eigenvalue weighted by atomic mass is 10.1. The number of anilines is 1. The highest BCUT2D eigenvalue weighted by molar-refractivity contribution is 5.77. The first-order valence-electron chi connectivity index (χ1n) is 10.1. The molecular formula is C23H30N2O5. The maximum Gasteiger partial charge on any atom is 0.306 e. The number of amides is 1. The smallest absolute Gasteiger partial charge is 0.306 e. The van der Waals surface area contributed by atoms with Crippen LogP contribution in [0, 0.1) is 0 Å².